The van der Waals surface area contributed by atoms with Crippen LogP contribution in [-0.4, -0.2) is 77.8 Å². The normalized spacial score (nSPS) is 20.0. The number of pyridine rings is 1. The smallest absolute Gasteiger partial charge is 0.242 e. The summed E-state index contributed by atoms with van der Waals surface area (Å²) in [6.45, 7) is 3.62. The van der Waals surface area contributed by atoms with Crippen LogP contribution in [0.5, 0.6) is 0 Å². The molecule has 3 heterocycles. The van der Waals surface area contributed by atoms with Gasteiger partial charge >= 0.3 is 0 Å². The molecule has 2 fully saturated rings. The van der Waals surface area contributed by atoms with E-state index in [9.17, 15) is 9.59 Å². The average Bonchev–Trinajstić information content (AvgIpc) is 3.02. The highest BCUT2D eigenvalue weighted by Crippen LogP contribution is 2.21. The summed E-state index contributed by atoms with van der Waals surface area (Å²) < 4.78 is 11.7. The minimum atomic E-state index is -0.241. The summed E-state index contributed by atoms with van der Waals surface area (Å²) in [7, 11) is 0. The molecular weight excluding hydrogens is 438 g/mol. The lowest BCUT2D eigenvalue weighted by molar-refractivity contribution is -0.137. The minimum Gasteiger partial charge on any atom is -0.381 e. The van der Waals surface area contributed by atoms with Crippen molar-refractivity contribution in [1.29, 1.82) is 0 Å². The Morgan fingerprint density at radius 3 is 2.61 bits per heavy atom. The maximum Gasteiger partial charge on any atom is 0.242 e. The summed E-state index contributed by atoms with van der Waals surface area (Å²) in [4.78, 5) is 34.8. The zero-order valence-electron chi connectivity index (χ0n) is 18.8. The van der Waals surface area contributed by atoms with Gasteiger partial charge in [-0.2, -0.15) is 0 Å². The van der Waals surface area contributed by atoms with Gasteiger partial charge in [0.1, 0.15) is 0 Å². The molecule has 176 valence electrons. The van der Waals surface area contributed by atoms with Gasteiger partial charge in [0.25, 0.3) is 0 Å². The molecule has 4 rings (SSSR count). The lowest BCUT2D eigenvalue weighted by Crippen LogP contribution is -2.42. The van der Waals surface area contributed by atoms with Crippen LogP contribution in [0.1, 0.15) is 18.4 Å². The van der Waals surface area contributed by atoms with Crippen LogP contribution in [0, 0.1) is 5.92 Å². The highest BCUT2D eigenvalue weighted by Gasteiger charge is 2.32. The van der Waals surface area contributed by atoms with Crippen molar-refractivity contribution < 1.29 is 19.1 Å². The molecule has 0 radical (unpaired) electrons. The fourth-order valence-corrected chi connectivity index (χ4v) is 4.96. The number of ether oxygens (including phenoxy) is 2. The van der Waals surface area contributed by atoms with E-state index in [0.29, 0.717) is 37.9 Å². The van der Waals surface area contributed by atoms with Crippen molar-refractivity contribution in [2.45, 2.75) is 30.4 Å². The molecule has 2 amide bonds. The van der Waals surface area contributed by atoms with Crippen molar-refractivity contribution >= 4 is 23.6 Å². The number of hydrogen-bond acceptors (Lipinski definition) is 6. The molecule has 1 aromatic carbocycles. The number of carbonyl (C=O) groups excluding carboxylic acids is 2. The zero-order chi connectivity index (χ0) is 22.9. The Hall–Kier alpha value is -2.42. The zero-order valence-corrected chi connectivity index (χ0v) is 19.6. The Morgan fingerprint density at radius 2 is 1.85 bits per heavy atom. The summed E-state index contributed by atoms with van der Waals surface area (Å²) in [5.74, 6) is 0.686. The third kappa shape index (κ3) is 7.28. The van der Waals surface area contributed by atoms with E-state index < -0.39 is 0 Å². The third-order valence-electron chi connectivity index (χ3n) is 6.04. The Bertz CT molecular complexity index is 893. The summed E-state index contributed by atoms with van der Waals surface area (Å²) >= 11 is 1.49. The van der Waals surface area contributed by atoms with Gasteiger partial charge in [0.15, 0.2) is 0 Å². The van der Waals surface area contributed by atoms with Crippen molar-refractivity contribution in [3.05, 3.63) is 60.4 Å². The summed E-state index contributed by atoms with van der Waals surface area (Å²) in [6.07, 6.45) is 5.16. The lowest BCUT2D eigenvalue weighted by atomic mass is 9.99. The second-order valence-corrected chi connectivity index (χ2v) is 9.57. The Morgan fingerprint density at radius 1 is 1.09 bits per heavy atom. The van der Waals surface area contributed by atoms with Crippen LogP contribution in [0.2, 0.25) is 0 Å². The number of amides is 2. The first-order valence-electron chi connectivity index (χ1n) is 11.5. The number of hydrogen-bond donors (Lipinski definition) is 0. The Labute approximate surface area is 199 Å². The molecule has 0 saturated carbocycles. The van der Waals surface area contributed by atoms with Gasteiger partial charge in [-0.15, -0.1) is 11.8 Å². The van der Waals surface area contributed by atoms with Crippen molar-refractivity contribution in [3.63, 3.8) is 0 Å². The maximum atomic E-state index is 13.1. The number of nitrogens with zero attached hydrogens (tertiary/aromatic N) is 3. The summed E-state index contributed by atoms with van der Waals surface area (Å²) in [6, 6.07) is 13.7. The monoisotopic (exact) mass is 469 g/mol. The quantitative estimate of drug-likeness (QED) is 0.554. The van der Waals surface area contributed by atoms with Crippen LogP contribution >= 0.6 is 11.8 Å². The Balaban J connectivity index is 1.41. The van der Waals surface area contributed by atoms with E-state index in [1.807, 2.05) is 47.4 Å². The van der Waals surface area contributed by atoms with Gasteiger partial charge in [-0.25, -0.2) is 0 Å². The molecule has 0 bridgehead atoms. The molecule has 2 saturated heterocycles. The van der Waals surface area contributed by atoms with Crippen molar-refractivity contribution in [1.82, 2.24) is 14.8 Å². The predicted octanol–water partition coefficient (Wildman–Crippen LogP) is 2.86. The largest absolute Gasteiger partial charge is 0.381 e. The molecule has 33 heavy (non-hydrogen) atoms. The first-order chi connectivity index (χ1) is 16.2. The average molecular weight is 470 g/mol. The molecule has 0 spiro atoms. The molecule has 7 nitrogen and oxygen atoms in total. The topological polar surface area (TPSA) is 72.0 Å². The third-order valence-corrected chi connectivity index (χ3v) is 7.04. The van der Waals surface area contributed by atoms with E-state index in [0.717, 1.165) is 36.5 Å². The van der Waals surface area contributed by atoms with E-state index in [4.69, 9.17) is 9.47 Å². The number of benzene rings is 1. The van der Waals surface area contributed by atoms with E-state index >= 15 is 0 Å². The number of aromatic nitrogens is 1. The van der Waals surface area contributed by atoms with Gasteiger partial charge in [-0.1, -0.05) is 18.2 Å². The molecule has 2 aliphatic rings. The molecule has 8 heteroatoms. The number of thioether (sulfide) groups is 1. The first-order valence-corrected chi connectivity index (χ1v) is 12.5. The fraction of sp³-hybridized carbons (Fsp3) is 0.480. The highest BCUT2D eigenvalue weighted by atomic mass is 32.2. The Kier molecular flexibility index (Phi) is 8.74. The van der Waals surface area contributed by atoms with Crippen LogP contribution in [0.25, 0.3) is 0 Å². The predicted molar refractivity (Wildman–Crippen MR) is 127 cm³/mol. The van der Waals surface area contributed by atoms with Gasteiger partial charge in [0, 0.05) is 50.1 Å². The maximum absolute atomic E-state index is 13.1. The van der Waals surface area contributed by atoms with Crippen LogP contribution in [-0.2, 0) is 25.7 Å². The molecular formula is C25H31N3O4S. The van der Waals surface area contributed by atoms with Crippen molar-refractivity contribution in [2.75, 3.05) is 45.1 Å². The molecule has 0 aliphatic carbocycles. The number of rotatable bonds is 8. The minimum absolute atomic E-state index is 0.00503. The SMILES string of the molecule is O=C(CSc1ccccc1)N1CC(=O)N(CC2CCOCC2)C[C@H](OCc2ccncc2)C1. The summed E-state index contributed by atoms with van der Waals surface area (Å²) in [5, 5.41) is 0. The van der Waals surface area contributed by atoms with Gasteiger partial charge in [0.05, 0.1) is 25.0 Å². The number of carbonyl (C=O) groups is 2. The highest BCUT2D eigenvalue weighted by molar-refractivity contribution is 8.00. The van der Waals surface area contributed by atoms with Gasteiger partial charge in [-0.3, -0.25) is 14.6 Å². The fourth-order valence-electron chi connectivity index (χ4n) is 4.14. The molecule has 1 aromatic heterocycles. The molecule has 0 N–H and O–H groups in total. The molecule has 2 aliphatic heterocycles. The van der Waals surface area contributed by atoms with Gasteiger partial charge < -0.3 is 19.3 Å². The van der Waals surface area contributed by atoms with Crippen molar-refractivity contribution in [2.24, 2.45) is 5.92 Å². The van der Waals surface area contributed by atoms with E-state index in [1.165, 1.54) is 11.8 Å². The van der Waals surface area contributed by atoms with E-state index in [2.05, 4.69) is 4.98 Å². The first kappa shape index (κ1) is 23.7. The van der Waals surface area contributed by atoms with E-state index in [-0.39, 0.29) is 24.5 Å². The second-order valence-electron chi connectivity index (χ2n) is 8.52. The van der Waals surface area contributed by atoms with Crippen LogP contribution in [0.3, 0.4) is 0 Å². The lowest BCUT2D eigenvalue weighted by Gasteiger charge is -2.30. The molecule has 1 atom stereocenters. The molecule has 2 aromatic rings. The standard InChI is InChI=1S/C25H31N3O4S/c29-24-17-28(25(30)19-33-23-4-2-1-3-5-23)16-22(32-18-21-6-10-26-11-7-21)15-27(24)14-20-8-12-31-13-9-20/h1-7,10-11,20,22H,8-9,12-19H2/t22-/m0/s1. The van der Waals surface area contributed by atoms with Crippen LogP contribution in [0.4, 0.5) is 0 Å². The van der Waals surface area contributed by atoms with Crippen LogP contribution < -0.4 is 0 Å². The van der Waals surface area contributed by atoms with Crippen molar-refractivity contribution in [3.8, 4) is 0 Å². The molecule has 0 unspecified atom stereocenters. The van der Waals surface area contributed by atoms with Gasteiger partial charge in [-0.05, 0) is 48.6 Å². The summed E-state index contributed by atoms with van der Waals surface area (Å²) in [5.41, 5.74) is 1.02. The second kappa shape index (κ2) is 12.2. The van der Waals surface area contributed by atoms with Crippen LogP contribution in [0.15, 0.2) is 59.8 Å². The van der Waals surface area contributed by atoms with E-state index in [1.54, 1.807) is 17.3 Å². The van der Waals surface area contributed by atoms with Gasteiger partial charge in [0.2, 0.25) is 11.8 Å².